The molecule has 0 spiro atoms. The minimum atomic E-state index is -1.11. The summed E-state index contributed by atoms with van der Waals surface area (Å²) in [6, 6.07) is 25.1. The minimum Gasteiger partial charge on any atom is -0.483 e. The average Bonchev–Trinajstić information content (AvgIpc) is 3.16. The zero-order chi connectivity index (χ0) is 20.4. The Balaban J connectivity index is 1.85. The van der Waals surface area contributed by atoms with Gasteiger partial charge in [0.15, 0.2) is 6.10 Å². The van der Waals surface area contributed by atoms with E-state index in [1.54, 1.807) is 36.4 Å². The quantitative estimate of drug-likeness (QED) is 0.407. The molecule has 0 fully saturated rings. The molecule has 0 N–H and O–H groups in total. The first kappa shape index (κ1) is 18.7. The standard InChI is InChI=1S/C23H15ClN2O3/c24-19-10-8-18(9-11-19)23(15-25)14-21(16-4-2-1-3-5-16)29-22(23)17-6-12-20(13-7-17)26(27)28/h1-14,22H/t22-,23-/m1/s1. The molecular weight excluding hydrogens is 388 g/mol. The van der Waals surface area contributed by atoms with E-state index < -0.39 is 16.4 Å². The second-order valence-corrected chi connectivity index (χ2v) is 7.15. The molecule has 3 aromatic carbocycles. The van der Waals surface area contributed by atoms with E-state index in [0.717, 1.165) is 11.1 Å². The molecule has 142 valence electrons. The van der Waals surface area contributed by atoms with Gasteiger partial charge in [0.1, 0.15) is 11.2 Å². The highest BCUT2D eigenvalue weighted by atomic mass is 35.5. The Morgan fingerprint density at radius 3 is 2.24 bits per heavy atom. The number of nitro benzene ring substituents is 1. The largest absolute Gasteiger partial charge is 0.483 e. The van der Waals surface area contributed by atoms with E-state index in [-0.39, 0.29) is 5.69 Å². The smallest absolute Gasteiger partial charge is 0.269 e. The Hall–Kier alpha value is -3.62. The van der Waals surface area contributed by atoms with Gasteiger partial charge in [-0.2, -0.15) is 5.26 Å². The first-order chi connectivity index (χ1) is 14.0. The van der Waals surface area contributed by atoms with Gasteiger partial charge in [-0.3, -0.25) is 10.1 Å². The zero-order valence-electron chi connectivity index (χ0n) is 15.2. The summed E-state index contributed by atoms with van der Waals surface area (Å²) < 4.78 is 6.26. The van der Waals surface area contributed by atoms with Crippen LogP contribution >= 0.6 is 11.6 Å². The molecule has 2 atom stereocenters. The molecule has 0 saturated heterocycles. The van der Waals surface area contributed by atoms with Crippen LogP contribution in [0.5, 0.6) is 0 Å². The van der Waals surface area contributed by atoms with Crippen LogP contribution in [-0.4, -0.2) is 4.92 Å². The van der Waals surface area contributed by atoms with Gasteiger partial charge in [-0.25, -0.2) is 0 Å². The van der Waals surface area contributed by atoms with Crippen LogP contribution in [0.25, 0.3) is 5.76 Å². The third-order valence-corrected chi connectivity index (χ3v) is 5.24. The van der Waals surface area contributed by atoms with Gasteiger partial charge in [-0.15, -0.1) is 0 Å². The van der Waals surface area contributed by atoms with E-state index >= 15 is 0 Å². The van der Waals surface area contributed by atoms with Crippen LogP contribution in [-0.2, 0) is 10.2 Å². The molecule has 1 aliphatic rings. The highest BCUT2D eigenvalue weighted by molar-refractivity contribution is 6.30. The normalized spacial score (nSPS) is 20.4. The maximum absolute atomic E-state index is 11.0. The Bertz CT molecular complexity index is 1120. The van der Waals surface area contributed by atoms with Crippen molar-refractivity contribution >= 4 is 23.0 Å². The second-order valence-electron chi connectivity index (χ2n) is 6.71. The van der Waals surface area contributed by atoms with Gasteiger partial charge in [0.2, 0.25) is 0 Å². The molecule has 29 heavy (non-hydrogen) atoms. The first-order valence-electron chi connectivity index (χ1n) is 8.90. The predicted octanol–water partition coefficient (Wildman–Crippen LogP) is 5.82. The minimum absolute atomic E-state index is 0.0166. The Morgan fingerprint density at radius 2 is 1.66 bits per heavy atom. The molecule has 4 rings (SSSR count). The molecule has 0 bridgehead atoms. The van der Waals surface area contributed by atoms with Crippen molar-refractivity contribution in [2.75, 3.05) is 0 Å². The lowest BCUT2D eigenvalue weighted by Crippen LogP contribution is -2.27. The summed E-state index contributed by atoms with van der Waals surface area (Å²) >= 11 is 6.04. The molecule has 0 aromatic heterocycles. The van der Waals surface area contributed by atoms with Crippen LogP contribution < -0.4 is 0 Å². The molecule has 3 aromatic rings. The first-order valence-corrected chi connectivity index (χ1v) is 9.28. The van der Waals surface area contributed by atoms with Gasteiger partial charge in [-0.1, -0.05) is 54.1 Å². The van der Waals surface area contributed by atoms with E-state index in [1.165, 1.54) is 12.1 Å². The van der Waals surface area contributed by atoms with Crippen LogP contribution in [0.2, 0.25) is 5.02 Å². The van der Waals surface area contributed by atoms with Crippen LogP contribution in [0.3, 0.4) is 0 Å². The number of hydrogen-bond donors (Lipinski definition) is 0. The summed E-state index contributed by atoms with van der Waals surface area (Å²) in [6.07, 6.45) is 1.15. The van der Waals surface area contributed by atoms with E-state index in [1.807, 2.05) is 36.4 Å². The molecule has 6 heteroatoms. The number of nitriles is 1. The van der Waals surface area contributed by atoms with Gasteiger partial charge < -0.3 is 4.74 Å². The predicted molar refractivity (Wildman–Crippen MR) is 110 cm³/mol. The lowest BCUT2D eigenvalue weighted by molar-refractivity contribution is -0.384. The van der Waals surface area contributed by atoms with Crippen molar-refractivity contribution in [1.82, 2.24) is 0 Å². The van der Waals surface area contributed by atoms with Gasteiger partial charge in [0, 0.05) is 22.7 Å². The van der Waals surface area contributed by atoms with E-state index in [0.29, 0.717) is 16.3 Å². The molecule has 1 heterocycles. The van der Waals surface area contributed by atoms with E-state index in [2.05, 4.69) is 6.07 Å². The number of ether oxygens (including phenoxy) is 1. The van der Waals surface area contributed by atoms with Crippen LogP contribution in [0.4, 0.5) is 5.69 Å². The second kappa shape index (κ2) is 7.42. The molecule has 0 aliphatic carbocycles. The molecule has 0 unspecified atom stereocenters. The van der Waals surface area contributed by atoms with Gasteiger partial charge in [0.05, 0.1) is 11.0 Å². The fourth-order valence-electron chi connectivity index (χ4n) is 3.51. The van der Waals surface area contributed by atoms with Crippen molar-refractivity contribution in [2.45, 2.75) is 11.5 Å². The summed E-state index contributed by atoms with van der Waals surface area (Å²) in [7, 11) is 0. The fourth-order valence-corrected chi connectivity index (χ4v) is 3.63. The monoisotopic (exact) mass is 402 g/mol. The summed E-state index contributed by atoms with van der Waals surface area (Å²) in [5.41, 5.74) is 1.14. The van der Waals surface area contributed by atoms with Gasteiger partial charge >= 0.3 is 0 Å². The zero-order valence-corrected chi connectivity index (χ0v) is 15.9. The van der Waals surface area contributed by atoms with Crippen molar-refractivity contribution in [3.05, 3.63) is 117 Å². The highest BCUT2D eigenvalue weighted by Crippen LogP contribution is 2.50. The van der Waals surface area contributed by atoms with Crippen LogP contribution in [0, 0.1) is 21.4 Å². The number of halogens is 1. The van der Waals surface area contributed by atoms with Crippen molar-refractivity contribution in [1.29, 1.82) is 5.26 Å². The molecule has 0 amide bonds. The van der Waals surface area contributed by atoms with Crippen molar-refractivity contribution in [3.8, 4) is 6.07 Å². The fraction of sp³-hybridized carbons (Fsp3) is 0.0870. The highest BCUT2D eigenvalue weighted by Gasteiger charge is 2.47. The SMILES string of the molecule is N#C[C@@]1(c2ccc(Cl)cc2)C=C(c2ccccc2)O[C@@H]1c1ccc([N+](=O)[O-])cc1. The van der Waals surface area contributed by atoms with Crippen LogP contribution in [0.1, 0.15) is 22.8 Å². The lowest BCUT2D eigenvalue weighted by Gasteiger charge is -2.27. The summed E-state index contributed by atoms with van der Waals surface area (Å²) in [6.45, 7) is 0. The maximum Gasteiger partial charge on any atom is 0.269 e. The van der Waals surface area contributed by atoms with Crippen molar-refractivity contribution in [3.63, 3.8) is 0 Å². The average molecular weight is 403 g/mol. The van der Waals surface area contributed by atoms with Gasteiger partial charge in [-0.05, 0) is 41.5 Å². The third-order valence-electron chi connectivity index (χ3n) is 4.99. The van der Waals surface area contributed by atoms with Gasteiger partial charge in [0.25, 0.3) is 5.69 Å². The number of benzene rings is 3. The maximum atomic E-state index is 11.0. The molecule has 5 nitrogen and oxygen atoms in total. The number of non-ortho nitro benzene ring substituents is 1. The summed E-state index contributed by atoms with van der Waals surface area (Å²) in [5, 5.41) is 21.8. The Morgan fingerprint density at radius 1 is 1.00 bits per heavy atom. The topological polar surface area (TPSA) is 76.2 Å². The molecule has 0 saturated carbocycles. The number of hydrogen-bond acceptors (Lipinski definition) is 4. The van der Waals surface area contributed by atoms with E-state index in [4.69, 9.17) is 16.3 Å². The number of rotatable bonds is 4. The van der Waals surface area contributed by atoms with Crippen LogP contribution in [0.15, 0.2) is 84.9 Å². The van der Waals surface area contributed by atoms with E-state index in [9.17, 15) is 15.4 Å². The Labute approximate surface area is 172 Å². The summed E-state index contributed by atoms with van der Waals surface area (Å²) in [5.74, 6) is 0.588. The number of nitrogens with zero attached hydrogens (tertiary/aromatic N) is 2. The van der Waals surface area contributed by atoms with Crippen molar-refractivity contribution < 1.29 is 9.66 Å². The van der Waals surface area contributed by atoms with Crippen molar-refractivity contribution in [2.24, 2.45) is 0 Å². The molecular formula is C23H15ClN2O3. The third kappa shape index (κ3) is 3.35. The Kier molecular flexibility index (Phi) is 4.79. The molecule has 0 radical (unpaired) electrons. The lowest BCUT2D eigenvalue weighted by atomic mass is 9.75. The summed E-state index contributed by atoms with van der Waals surface area (Å²) in [4.78, 5) is 10.6. The number of nitro groups is 1. The molecule has 1 aliphatic heterocycles.